The fourth-order valence-electron chi connectivity index (χ4n) is 3.87. The molecule has 3 rings (SSSR count). The average Bonchev–Trinajstić information content (AvgIpc) is 3.00. The minimum atomic E-state index is -1.17. The highest BCUT2D eigenvalue weighted by atomic mass is 16.7. The van der Waals surface area contributed by atoms with Crippen molar-refractivity contribution in [2.75, 3.05) is 34.4 Å². The Balaban J connectivity index is 2.08. The van der Waals surface area contributed by atoms with Crippen LogP contribution in [0.25, 0.3) is 0 Å². The van der Waals surface area contributed by atoms with Gasteiger partial charge in [0.15, 0.2) is 0 Å². The summed E-state index contributed by atoms with van der Waals surface area (Å²) in [5.41, 5.74) is 0.177. The minimum absolute atomic E-state index is 0.0196. The lowest BCUT2D eigenvalue weighted by Gasteiger charge is -2.47. The molecule has 10 nitrogen and oxygen atoms in total. The highest BCUT2D eigenvalue weighted by Crippen LogP contribution is 2.35. The van der Waals surface area contributed by atoms with E-state index in [1.807, 2.05) is 0 Å². The Labute approximate surface area is 193 Å². The van der Waals surface area contributed by atoms with Crippen molar-refractivity contribution in [1.82, 2.24) is 9.80 Å². The third kappa shape index (κ3) is 5.09. The molecule has 1 aromatic carbocycles. The molecule has 2 aliphatic heterocycles. The summed E-state index contributed by atoms with van der Waals surface area (Å²) in [6.45, 7) is 8.94. The monoisotopic (exact) mass is 462 g/mol. The van der Waals surface area contributed by atoms with E-state index in [0.29, 0.717) is 5.57 Å². The van der Waals surface area contributed by atoms with Crippen molar-refractivity contribution in [3.8, 4) is 0 Å². The highest BCUT2D eigenvalue weighted by Gasteiger charge is 2.53. The summed E-state index contributed by atoms with van der Waals surface area (Å²) in [6, 6.07) is 6.48. The molecular formula is C23H30N2O8. The molecule has 33 heavy (non-hydrogen) atoms. The molecule has 1 fully saturated rings. The number of ether oxygens (including phenoxy) is 5. The zero-order chi connectivity index (χ0) is 24.3. The van der Waals surface area contributed by atoms with E-state index in [1.165, 1.54) is 19.1 Å². The first-order valence-electron chi connectivity index (χ1n) is 10.5. The predicted octanol–water partition coefficient (Wildman–Crippen LogP) is 2.39. The number of benzene rings is 1. The second-order valence-electron chi connectivity index (χ2n) is 8.74. The molecule has 0 bridgehead atoms. The van der Waals surface area contributed by atoms with E-state index in [-0.39, 0.29) is 31.3 Å². The summed E-state index contributed by atoms with van der Waals surface area (Å²) in [6.07, 6.45) is -3.68. The Hall–Kier alpha value is -2.79. The van der Waals surface area contributed by atoms with Gasteiger partial charge in [-0.3, -0.25) is 14.5 Å². The van der Waals surface area contributed by atoms with Crippen molar-refractivity contribution in [2.45, 2.75) is 44.7 Å². The second-order valence-corrected chi connectivity index (χ2v) is 8.74. The van der Waals surface area contributed by atoms with Crippen LogP contribution in [0.2, 0.25) is 0 Å². The van der Waals surface area contributed by atoms with Gasteiger partial charge in [0.25, 0.3) is 11.8 Å². The SMILES string of the molecule is C=C1CN(C(=O)OC(C)(C)C)[C@H](N2C(=O)c3ccccc3C2=O)[C@@H](OCOC)[C@@H]1OCOC. The van der Waals surface area contributed by atoms with Gasteiger partial charge in [-0.05, 0) is 38.5 Å². The van der Waals surface area contributed by atoms with Crippen LogP contribution in [-0.4, -0.2) is 86.0 Å². The molecule has 180 valence electrons. The molecule has 3 amide bonds. The molecule has 2 aliphatic rings. The maximum absolute atomic E-state index is 13.3. The number of rotatable bonds is 7. The first-order valence-corrected chi connectivity index (χ1v) is 10.5. The highest BCUT2D eigenvalue weighted by molar-refractivity contribution is 6.21. The number of fused-ring (bicyclic) bond motifs is 1. The topological polar surface area (TPSA) is 104 Å². The molecule has 0 saturated carbocycles. The number of carbonyl (C=O) groups excluding carboxylic acids is 3. The second kappa shape index (κ2) is 10.0. The predicted molar refractivity (Wildman–Crippen MR) is 116 cm³/mol. The lowest BCUT2D eigenvalue weighted by Crippen LogP contribution is -2.67. The van der Waals surface area contributed by atoms with Gasteiger partial charge in [0.05, 0.1) is 11.1 Å². The Morgan fingerprint density at radius 3 is 2.09 bits per heavy atom. The van der Waals surface area contributed by atoms with Crippen LogP contribution in [0.5, 0.6) is 0 Å². The molecule has 10 heteroatoms. The number of likely N-dealkylation sites (tertiary alicyclic amines) is 1. The number of hydrogen-bond donors (Lipinski definition) is 0. The van der Waals surface area contributed by atoms with Crippen LogP contribution in [0.15, 0.2) is 36.4 Å². The summed E-state index contributed by atoms with van der Waals surface area (Å²) in [4.78, 5) is 42.2. The van der Waals surface area contributed by atoms with Crippen LogP contribution in [0.3, 0.4) is 0 Å². The maximum atomic E-state index is 13.3. The van der Waals surface area contributed by atoms with E-state index in [1.54, 1.807) is 45.0 Å². The average molecular weight is 462 g/mol. The standard InChI is InChI=1S/C23H30N2O8/c1-14-11-24(22(28)33-23(2,3)4)19(18(32-13-30-6)17(14)31-12-29-5)25-20(26)15-9-7-8-10-16(15)21(25)27/h7-10,17-19H,1,11-13H2,2-6H3/t17-,18+,19-/m1/s1. The fraction of sp³-hybridized carbons (Fsp3) is 0.522. The number of hydrogen-bond acceptors (Lipinski definition) is 8. The van der Waals surface area contributed by atoms with Crippen molar-refractivity contribution < 1.29 is 38.1 Å². The number of nitrogens with zero attached hydrogens (tertiary/aromatic N) is 2. The zero-order valence-corrected chi connectivity index (χ0v) is 19.5. The van der Waals surface area contributed by atoms with Gasteiger partial charge in [0, 0.05) is 20.8 Å². The normalized spacial score (nSPS) is 23.2. The van der Waals surface area contributed by atoms with Crippen LogP contribution < -0.4 is 0 Å². The number of imide groups is 1. The molecule has 0 aliphatic carbocycles. The van der Waals surface area contributed by atoms with E-state index < -0.39 is 41.9 Å². The lowest BCUT2D eigenvalue weighted by atomic mass is 9.95. The van der Waals surface area contributed by atoms with Crippen molar-refractivity contribution in [1.29, 1.82) is 0 Å². The molecule has 1 aromatic rings. The van der Waals surface area contributed by atoms with Crippen LogP contribution in [0.4, 0.5) is 4.79 Å². The van der Waals surface area contributed by atoms with Crippen molar-refractivity contribution in [3.63, 3.8) is 0 Å². The number of carbonyl (C=O) groups is 3. The summed E-state index contributed by atoms with van der Waals surface area (Å²) in [7, 11) is 2.90. The summed E-state index contributed by atoms with van der Waals surface area (Å²) in [5, 5.41) is 0. The smallest absolute Gasteiger partial charge is 0.412 e. The van der Waals surface area contributed by atoms with Crippen molar-refractivity contribution in [2.24, 2.45) is 0 Å². The molecule has 0 aromatic heterocycles. The van der Waals surface area contributed by atoms with E-state index in [9.17, 15) is 14.4 Å². The maximum Gasteiger partial charge on any atom is 0.412 e. The molecule has 0 radical (unpaired) electrons. The van der Waals surface area contributed by atoms with Crippen LogP contribution in [-0.2, 0) is 23.7 Å². The first kappa shape index (κ1) is 24.8. The van der Waals surface area contributed by atoms with Gasteiger partial charge in [-0.1, -0.05) is 18.7 Å². The number of piperidine rings is 1. The number of amides is 3. The van der Waals surface area contributed by atoms with E-state index in [4.69, 9.17) is 23.7 Å². The van der Waals surface area contributed by atoms with Gasteiger partial charge >= 0.3 is 6.09 Å². The van der Waals surface area contributed by atoms with Crippen LogP contribution >= 0.6 is 0 Å². The van der Waals surface area contributed by atoms with E-state index in [2.05, 4.69) is 6.58 Å². The lowest BCUT2D eigenvalue weighted by molar-refractivity contribution is -0.187. The Morgan fingerprint density at radius 2 is 1.58 bits per heavy atom. The van der Waals surface area contributed by atoms with Crippen LogP contribution in [0.1, 0.15) is 41.5 Å². The molecule has 0 spiro atoms. The molecule has 0 N–H and O–H groups in total. The molecule has 1 saturated heterocycles. The van der Waals surface area contributed by atoms with Gasteiger partial charge in [-0.25, -0.2) is 9.69 Å². The van der Waals surface area contributed by atoms with Gasteiger partial charge in [-0.15, -0.1) is 0 Å². The molecule has 3 atom stereocenters. The van der Waals surface area contributed by atoms with E-state index in [0.717, 1.165) is 4.90 Å². The van der Waals surface area contributed by atoms with Crippen molar-refractivity contribution >= 4 is 17.9 Å². The largest absolute Gasteiger partial charge is 0.444 e. The Bertz CT molecular complexity index is 890. The van der Waals surface area contributed by atoms with E-state index >= 15 is 0 Å². The summed E-state index contributed by atoms with van der Waals surface area (Å²) in [5.74, 6) is -1.09. The first-order chi connectivity index (χ1) is 15.6. The molecule has 0 unspecified atom stereocenters. The van der Waals surface area contributed by atoms with Gasteiger partial charge < -0.3 is 23.7 Å². The van der Waals surface area contributed by atoms with Gasteiger partial charge in [0.1, 0.15) is 37.6 Å². The van der Waals surface area contributed by atoms with Gasteiger partial charge in [0.2, 0.25) is 0 Å². The van der Waals surface area contributed by atoms with Gasteiger partial charge in [-0.2, -0.15) is 0 Å². The zero-order valence-electron chi connectivity index (χ0n) is 19.5. The molecule has 2 heterocycles. The quantitative estimate of drug-likeness (QED) is 0.346. The Kier molecular flexibility index (Phi) is 7.53. The minimum Gasteiger partial charge on any atom is -0.444 e. The fourth-order valence-corrected chi connectivity index (χ4v) is 3.87. The third-order valence-electron chi connectivity index (χ3n) is 5.15. The summed E-state index contributed by atoms with van der Waals surface area (Å²) < 4.78 is 27.4. The van der Waals surface area contributed by atoms with Crippen molar-refractivity contribution in [3.05, 3.63) is 47.5 Å². The summed E-state index contributed by atoms with van der Waals surface area (Å²) >= 11 is 0. The van der Waals surface area contributed by atoms with Crippen LogP contribution in [0, 0.1) is 0 Å². The number of methoxy groups -OCH3 is 2. The third-order valence-corrected chi connectivity index (χ3v) is 5.15. The Morgan fingerprint density at radius 1 is 1.03 bits per heavy atom. The molecular weight excluding hydrogens is 432 g/mol.